The number of aryl methyl sites for hydroxylation is 1. The summed E-state index contributed by atoms with van der Waals surface area (Å²) in [4.78, 5) is 8.56. The minimum Gasteiger partial charge on any atom is -0.326 e. The molecule has 0 saturated heterocycles. The molecular weight excluding hydrogens is 262 g/mol. The minimum atomic E-state index is 0.418. The standard InChI is InChI=1S/C13H13N3S2/c1-2-11-10(9-5-7-14-8-6-9)3-4-12(15-11)16-13(17)18/h3-8H,2H2,1H3,(H2,15,16,17,18). The zero-order valence-corrected chi connectivity index (χ0v) is 11.6. The summed E-state index contributed by atoms with van der Waals surface area (Å²) in [5.41, 5.74) is 3.26. The molecular formula is C13H13N3S2. The molecule has 2 aromatic heterocycles. The average molecular weight is 275 g/mol. The molecule has 0 bridgehead atoms. The molecule has 0 fully saturated rings. The van der Waals surface area contributed by atoms with E-state index in [1.54, 1.807) is 12.4 Å². The number of pyridine rings is 2. The first-order valence-corrected chi connectivity index (χ1v) is 6.46. The van der Waals surface area contributed by atoms with Crippen molar-refractivity contribution < 1.29 is 0 Å². The van der Waals surface area contributed by atoms with Crippen LogP contribution >= 0.6 is 24.8 Å². The smallest absolute Gasteiger partial charge is 0.136 e. The van der Waals surface area contributed by atoms with Crippen LogP contribution in [-0.4, -0.2) is 14.3 Å². The Labute approximate surface area is 117 Å². The third-order valence-electron chi connectivity index (χ3n) is 2.54. The number of nitrogens with zero attached hydrogens (tertiary/aromatic N) is 2. The highest BCUT2D eigenvalue weighted by Gasteiger charge is 2.06. The van der Waals surface area contributed by atoms with Gasteiger partial charge in [-0.05, 0) is 36.2 Å². The van der Waals surface area contributed by atoms with Crippen LogP contribution in [0.5, 0.6) is 0 Å². The van der Waals surface area contributed by atoms with Crippen molar-refractivity contribution in [2.75, 3.05) is 5.32 Å². The van der Waals surface area contributed by atoms with Crippen LogP contribution in [0.15, 0.2) is 36.7 Å². The van der Waals surface area contributed by atoms with E-state index in [0.717, 1.165) is 29.1 Å². The number of thiocarbonyl (C=S) groups is 1. The third-order valence-corrected chi connectivity index (χ3v) is 2.75. The average Bonchev–Trinajstić information content (AvgIpc) is 2.39. The number of nitrogens with one attached hydrogen (secondary N) is 1. The molecule has 0 aliphatic carbocycles. The first-order chi connectivity index (χ1) is 8.70. The van der Waals surface area contributed by atoms with Crippen LogP contribution in [-0.2, 0) is 6.42 Å². The van der Waals surface area contributed by atoms with Gasteiger partial charge in [-0.15, -0.1) is 12.6 Å². The van der Waals surface area contributed by atoms with Gasteiger partial charge in [-0.3, -0.25) is 4.98 Å². The van der Waals surface area contributed by atoms with Crippen molar-refractivity contribution in [3.63, 3.8) is 0 Å². The van der Waals surface area contributed by atoms with Gasteiger partial charge >= 0.3 is 0 Å². The summed E-state index contributed by atoms with van der Waals surface area (Å²) in [6.07, 6.45) is 4.42. The molecule has 0 saturated carbocycles. The Morgan fingerprint density at radius 3 is 2.61 bits per heavy atom. The van der Waals surface area contributed by atoms with Gasteiger partial charge in [-0.25, -0.2) is 4.98 Å². The van der Waals surface area contributed by atoms with Crippen molar-refractivity contribution in [3.05, 3.63) is 42.4 Å². The van der Waals surface area contributed by atoms with Gasteiger partial charge in [0.05, 0.1) is 5.69 Å². The molecule has 2 heterocycles. The normalized spacial score (nSPS) is 10.1. The number of hydrogen-bond donors (Lipinski definition) is 2. The molecule has 1 N–H and O–H groups in total. The molecule has 3 nitrogen and oxygen atoms in total. The number of thiol groups is 1. The topological polar surface area (TPSA) is 37.8 Å². The van der Waals surface area contributed by atoms with Crippen molar-refractivity contribution in [2.24, 2.45) is 0 Å². The fourth-order valence-corrected chi connectivity index (χ4v) is 1.96. The number of anilines is 1. The lowest BCUT2D eigenvalue weighted by Crippen LogP contribution is -2.05. The van der Waals surface area contributed by atoms with Crippen LogP contribution in [0.3, 0.4) is 0 Å². The van der Waals surface area contributed by atoms with Crippen LogP contribution in [0.25, 0.3) is 11.1 Å². The van der Waals surface area contributed by atoms with Gasteiger partial charge in [0.1, 0.15) is 10.1 Å². The van der Waals surface area contributed by atoms with Crippen LogP contribution < -0.4 is 5.32 Å². The Bertz CT molecular complexity index is 555. The van der Waals surface area contributed by atoms with Gasteiger partial charge in [0.15, 0.2) is 0 Å². The molecule has 18 heavy (non-hydrogen) atoms. The summed E-state index contributed by atoms with van der Waals surface area (Å²) in [5, 5.41) is 2.93. The number of hydrogen-bond acceptors (Lipinski definition) is 3. The second kappa shape index (κ2) is 5.93. The van der Waals surface area contributed by atoms with E-state index in [9.17, 15) is 0 Å². The van der Waals surface area contributed by atoms with E-state index in [0.29, 0.717) is 4.32 Å². The van der Waals surface area contributed by atoms with E-state index < -0.39 is 0 Å². The predicted molar refractivity (Wildman–Crippen MR) is 82.1 cm³/mol. The molecule has 0 aromatic carbocycles. The van der Waals surface area contributed by atoms with E-state index >= 15 is 0 Å². The Hall–Kier alpha value is -1.46. The van der Waals surface area contributed by atoms with E-state index in [1.807, 2.05) is 24.3 Å². The van der Waals surface area contributed by atoms with E-state index in [-0.39, 0.29) is 0 Å². The Morgan fingerprint density at radius 2 is 2.00 bits per heavy atom. The van der Waals surface area contributed by atoms with Crippen LogP contribution in [0.2, 0.25) is 0 Å². The number of aromatic nitrogens is 2. The maximum atomic E-state index is 4.89. The summed E-state index contributed by atoms with van der Waals surface area (Å²) in [6, 6.07) is 7.89. The van der Waals surface area contributed by atoms with Crippen molar-refractivity contribution >= 4 is 35.0 Å². The van der Waals surface area contributed by atoms with Gasteiger partial charge < -0.3 is 5.32 Å². The predicted octanol–water partition coefficient (Wildman–Crippen LogP) is 3.33. The Balaban J connectivity index is 2.41. The largest absolute Gasteiger partial charge is 0.326 e. The third kappa shape index (κ3) is 3.05. The molecule has 0 spiro atoms. The summed E-state index contributed by atoms with van der Waals surface area (Å²) < 4.78 is 0.418. The molecule has 0 amide bonds. The van der Waals surface area contributed by atoms with Gasteiger partial charge in [0.25, 0.3) is 0 Å². The first-order valence-electron chi connectivity index (χ1n) is 5.61. The van der Waals surface area contributed by atoms with E-state index in [4.69, 9.17) is 12.2 Å². The highest BCUT2D eigenvalue weighted by molar-refractivity contribution is 8.11. The fraction of sp³-hybridized carbons (Fsp3) is 0.154. The number of rotatable bonds is 3. The maximum Gasteiger partial charge on any atom is 0.136 e. The second-order valence-electron chi connectivity index (χ2n) is 3.71. The van der Waals surface area contributed by atoms with Gasteiger partial charge in [0, 0.05) is 18.0 Å². The maximum absolute atomic E-state index is 4.89. The first kappa shape index (κ1) is 13.0. The van der Waals surface area contributed by atoms with Crippen LogP contribution in [0.1, 0.15) is 12.6 Å². The summed E-state index contributed by atoms with van der Waals surface area (Å²) in [7, 11) is 0. The second-order valence-corrected chi connectivity index (χ2v) is 4.87. The monoisotopic (exact) mass is 275 g/mol. The van der Waals surface area contributed by atoms with Gasteiger partial charge in [-0.2, -0.15) is 0 Å². The Kier molecular flexibility index (Phi) is 4.28. The lowest BCUT2D eigenvalue weighted by Gasteiger charge is -2.10. The zero-order valence-electron chi connectivity index (χ0n) is 9.92. The van der Waals surface area contributed by atoms with Crippen molar-refractivity contribution in [2.45, 2.75) is 13.3 Å². The molecule has 92 valence electrons. The molecule has 0 radical (unpaired) electrons. The molecule has 2 rings (SSSR count). The molecule has 0 unspecified atom stereocenters. The lowest BCUT2D eigenvalue weighted by atomic mass is 10.0. The zero-order chi connectivity index (χ0) is 13.0. The molecule has 2 aromatic rings. The van der Waals surface area contributed by atoms with Crippen LogP contribution in [0, 0.1) is 0 Å². The fourth-order valence-electron chi connectivity index (χ4n) is 1.74. The molecule has 0 aliphatic rings. The SMILES string of the molecule is CCc1nc(NC(=S)S)ccc1-c1ccncc1. The van der Waals surface area contributed by atoms with Crippen LogP contribution in [0.4, 0.5) is 5.82 Å². The van der Waals surface area contributed by atoms with Crippen molar-refractivity contribution in [1.29, 1.82) is 0 Å². The molecule has 5 heteroatoms. The highest BCUT2D eigenvalue weighted by atomic mass is 32.1. The lowest BCUT2D eigenvalue weighted by molar-refractivity contribution is 1.04. The summed E-state index contributed by atoms with van der Waals surface area (Å²) >= 11 is 8.93. The molecule has 0 aliphatic heterocycles. The van der Waals surface area contributed by atoms with Gasteiger partial charge in [0.2, 0.25) is 0 Å². The summed E-state index contributed by atoms with van der Waals surface area (Å²) in [6.45, 7) is 2.08. The minimum absolute atomic E-state index is 0.418. The van der Waals surface area contributed by atoms with Crippen molar-refractivity contribution in [1.82, 2.24) is 9.97 Å². The van der Waals surface area contributed by atoms with Gasteiger partial charge in [-0.1, -0.05) is 19.1 Å². The van der Waals surface area contributed by atoms with E-state index in [2.05, 4.69) is 34.8 Å². The highest BCUT2D eigenvalue weighted by Crippen LogP contribution is 2.24. The summed E-state index contributed by atoms with van der Waals surface area (Å²) in [5.74, 6) is 0.727. The van der Waals surface area contributed by atoms with E-state index in [1.165, 1.54) is 0 Å². The van der Waals surface area contributed by atoms with Crippen molar-refractivity contribution in [3.8, 4) is 11.1 Å². The Morgan fingerprint density at radius 1 is 1.28 bits per heavy atom. The molecule has 0 atom stereocenters. The quantitative estimate of drug-likeness (QED) is 0.665.